The maximum atomic E-state index is 9.31. The summed E-state index contributed by atoms with van der Waals surface area (Å²) in [5.41, 5.74) is 1.26. The van der Waals surface area contributed by atoms with E-state index >= 15 is 0 Å². The molecule has 1 saturated heterocycles. The molecule has 106 valence electrons. The molecule has 0 atom stereocenters. The maximum absolute atomic E-state index is 9.31. The lowest BCUT2D eigenvalue weighted by atomic mass is 10.1. The first-order valence-corrected chi connectivity index (χ1v) is 6.78. The zero-order valence-electron chi connectivity index (χ0n) is 11.4. The van der Waals surface area contributed by atoms with Crippen LogP contribution in [-0.4, -0.2) is 34.3 Å². The van der Waals surface area contributed by atoms with Gasteiger partial charge in [0.2, 0.25) is 0 Å². The SMILES string of the molecule is N#Cc1cc(-c2ncncn2)ccc1OC1CCOCC1. The minimum absolute atomic E-state index is 0.105. The third kappa shape index (κ3) is 3.15. The molecule has 1 aliphatic rings. The third-order valence-corrected chi connectivity index (χ3v) is 3.31. The van der Waals surface area contributed by atoms with Crippen LogP contribution in [-0.2, 0) is 4.74 Å². The second kappa shape index (κ2) is 6.29. The van der Waals surface area contributed by atoms with Crippen LogP contribution >= 0.6 is 0 Å². The van der Waals surface area contributed by atoms with Crippen molar-refractivity contribution in [1.82, 2.24) is 15.0 Å². The summed E-state index contributed by atoms with van der Waals surface area (Å²) in [6, 6.07) is 7.56. The van der Waals surface area contributed by atoms with Gasteiger partial charge >= 0.3 is 0 Å². The van der Waals surface area contributed by atoms with Crippen molar-refractivity contribution in [2.24, 2.45) is 0 Å². The Hall–Kier alpha value is -2.52. The molecule has 1 aromatic heterocycles. The Bertz CT molecular complexity index is 648. The van der Waals surface area contributed by atoms with Gasteiger partial charge in [-0.05, 0) is 18.2 Å². The second-order valence-electron chi connectivity index (χ2n) is 4.71. The first-order valence-electron chi connectivity index (χ1n) is 6.78. The van der Waals surface area contributed by atoms with E-state index in [9.17, 15) is 5.26 Å². The standard InChI is InChI=1S/C15H14N4O2/c16-8-12-7-11(15-18-9-17-10-19-15)1-2-14(12)21-13-3-5-20-6-4-13/h1-2,7,9-10,13H,3-6H2. The number of hydrogen-bond donors (Lipinski definition) is 0. The summed E-state index contributed by atoms with van der Waals surface area (Å²) in [6.45, 7) is 1.41. The molecule has 3 rings (SSSR count). The van der Waals surface area contributed by atoms with Crippen LogP contribution in [0.25, 0.3) is 11.4 Å². The van der Waals surface area contributed by atoms with Gasteiger partial charge < -0.3 is 9.47 Å². The van der Waals surface area contributed by atoms with E-state index in [1.165, 1.54) is 12.7 Å². The van der Waals surface area contributed by atoms with Gasteiger partial charge in [0.1, 0.15) is 30.6 Å². The average molecular weight is 282 g/mol. The minimum atomic E-state index is 0.105. The summed E-state index contributed by atoms with van der Waals surface area (Å²) < 4.78 is 11.2. The Morgan fingerprint density at radius 3 is 2.67 bits per heavy atom. The van der Waals surface area contributed by atoms with Gasteiger partial charge in [-0.1, -0.05) is 0 Å². The number of hydrogen-bond acceptors (Lipinski definition) is 6. The molecule has 21 heavy (non-hydrogen) atoms. The fourth-order valence-electron chi connectivity index (χ4n) is 2.22. The first-order chi connectivity index (χ1) is 10.4. The number of ether oxygens (including phenoxy) is 2. The molecule has 0 amide bonds. The van der Waals surface area contributed by atoms with Crippen LogP contribution in [0.4, 0.5) is 0 Å². The van der Waals surface area contributed by atoms with Crippen LogP contribution in [0.1, 0.15) is 18.4 Å². The van der Waals surface area contributed by atoms with Crippen LogP contribution in [0, 0.1) is 11.3 Å². The molecular formula is C15H14N4O2. The molecule has 1 fully saturated rings. The lowest BCUT2D eigenvalue weighted by molar-refractivity contribution is 0.0254. The van der Waals surface area contributed by atoms with E-state index in [2.05, 4.69) is 21.0 Å². The van der Waals surface area contributed by atoms with Crippen molar-refractivity contribution in [2.75, 3.05) is 13.2 Å². The summed E-state index contributed by atoms with van der Waals surface area (Å²) in [5.74, 6) is 1.14. The van der Waals surface area contributed by atoms with Gasteiger partial charge in [0.05, 0.1) is 18.8 Å². The van der Waals surface area contributed by atoms with Crippen molar-refractivity contribution in [2.45, 2.75) is 18.9 Å². The van der Waals surface area contributed by atoms with E-state index in [1.54, 1.807) is 12.1 Å². The highest BCUT2D eigenvalue weighted by atomic mass is 16.5. The second-order valence-corrected chi connectivity index (χ2v) is 4.71. The van der Waals surface area contributed by atoms with E-state index in [4.69, 9.17) is 9.47 Å². The highest BCUT2D eigenvalue weighted by Gasteiger charge is 2.17. The summed E-state index contributed by atoms with van der Waals surface area (Å²) in [6.07, 6.45) is 4.66. The maximum Gasteiger partial charge on any atom is 0.162 e. The Balaban J connectivity index is 1.84. The van der Waals surface area contributed by atoms with Crippen molar-refractivity contribution >= 4 is 0 Å². The fraction of sp³-hybridized carbons (Fsp3) is 0.333. The smallest absolute Gasteiger partial charge is 0.162 e. The van der Waals surface area contributed by atoms with Crippen LogP contribution in [0.3, 0.4) is 0 Å². The van der Waals surface area contributed by atoms with E-state index in [0.717, 1.165) is 18.4 Å². The molecule has 2 heterocycles. The van der Waals surface area contributed by atoms with Gasteiger partial charge in [0.25, 0.3) is 0 Å². The van der Waals surface area contributed by atoms with Crippen molar-refractivity contribution in [3.8, 4) is 23.2 Å². The van der Waals surface area contributed by atoms with Gasteiger partial charge in [-0.25, -0.2) is 15.0 Å². The molecule has 0 unspecified atom stereocenters. The summed E-state index contributed by atoms with van der Waals surface area (Å²) in [7, 11) is 0. The number of nitrogens with zero attached hydrogens (tertiary/aromatic N) is 4. The number of nitriles is 1. The van der Waals surface area contributed by atoms with Crippen LogP contribution in [0.2, 0.25) is 0 Å². The van der Waals surface area contributed by atoms with Crippen LogP contribution in [0.15, 0.2) is 30.9 Å². The Kier molecular flexibility index (Phi) is 4.03. The zero-order chi connectivity index (χ0) is 14.5. The minimum Gasteiger partial charge on any atom is -0.489 e. The van der Waals surface area contributed by atoms with Crippen LogP contribution in [0.5, 0.6) is 5.75 Å². The van der Waals surface area contributed by atoms with Crippen molar-refractivity contribution in [3.63, 3.8) is 0 Å². The monoisotopic (exact) mass is 282 g/mol. The van der Waals surface area contributed by atoms with E-state index in [0.29, 0.717) is 30.4 Å². The summed E-state index contributed by atoms with van der Waals surface area (Å²) >= 11 is 0. The summed E-state index contributed by atoms with van der Waals surface area (Å²) in [5, 5.41) is 9.31. The number of rotatable bonds is 3. The molecule has 1 aliphatic heterocycles. The topological polar surface area (TPSA) is 80.9 Å². The van der Waals surface area contributed by atoms with Gasteiger partial charge in [-0.2, -0.15) is 5.26 Å². The largest absolute Gasteiger partial charge is 0.489 e. The molecule has 6 nitrogen and oxygen atoms in total. The predicted octanol–water partition coefficient (Wildman–Crippen LogP) is 1.97. The molecule has 0 radical (unpaired) electrons. The van der Waals surface area contributed by atoms with E-state index in [1.807, 2.05) is 6.07 Å². The average Bonchev–Trinajstić information content (AvgIpc) is 2.57. The van der Waals surface area contributed by atoms with Gasteiger partial charge in [-0.15, -0.1) is 0 Å². The Morgan fingerprint density at radius 1 is 1.19 bits per heavy atom. The third-order valence-electron chi connectivity index (χ3n) is 3.31. The molecular weight excluding hydrogens is 268 g/mol. The van der Waals surface area contributed by atoms with Gasteiger partial charge in [0.15, 0.2) is 5.82 Å². The molecule has 0 saturated carbocycles. The number of benzene rings is 1. The zero-order valence-corrected chi connectivity index (χ0v) is 11.4. The van der Waals surface area contributed by atoms with Crippen molar-refractivity contribution in [3.05, 3.63) is 36.4 Å². The normalized spacial score (nSPS) is 15.4. The molecule has 0 spiro atoms. The molecule has 0 bridgehead atoms. The lowest BCUT2D eigenvalue weighted by Crippen LogP contribution is -2.26. The fourth-order valence-corrected chi connectivity index (χ4v) is 2.22. The van der Waals surface area contributed by atoms with Crippen molar-refractivity contribution < 1.29 is 9.47 Å². The van der Waals surface area contributed by atoms with Gasteiger partial charge in [-0.3, -0.25) is 0 Å². The highest BCUT2D eigenvalue weighted by Crippen LogP contribution is 2.26. The Labute approximate surface area is 122 Å². The van der Waals surface area contributed by atoms with E-state index < -0.39 is 0 Å². The predicted molar refractivity (Wildman–Crippen MR) is 74.4 cm³/mol. The van der Waals surface area contributed by atoms with Crippen molar-refractivity contribution in [1.29, 1.82) is 5.26 Å². The van der Waals surface area contributed by atoms with Gasteiger partial charge in [0, 0.05) is 18.4 Å². The first kappa shape index (κ1) is 13.5. The highest BCUT2D eigenvalue weighted by molar-refractivity contribution is 5.61. The van der Waals surface area contributed by atoms with Crippen LogP contribution < -0.4 is 4.74 Å². The molecule has 0 N–H and O–H groups in total. The quantitative estimate of drug-likeness (QED) is 0.856. The number of aromatic nitrogens is 3. The Morgan fingerprint density at radius 2 is 1.95 bits per heavy atom. The van der Waals surface area contributed by atoms with E-state index in [-0.39, 0.29) is 6.10 Å². The summed E-state index contributed by atoms with van der Waals surface area (Å²) in [4.78, 5) is 11.9. The molecule has 0 aliphatic carbocycles. The lowest BCUT2D eigenvalue weighted by Gasteiger charge is -2.23. The molecule has 1 aromatic carbocycles. The molecule has 2 aromatic rings. The molecule has 6 heteroatoms.